The van der Waals surface area contributed by atoms with E-state index in [-0.39, 0.29) is 11.9 Å². The number of ether oxygens (including phenoxy) is 1. The van der Waals surface area contributed by atoms with Crippen molar-refractivity contribution in [2.75, 3.05) is 26.7 Å². The normalized spacial score (nSPS) is 20.1. The number of aryl methyl sites for hydroxylation is 1. The van der Waals surface area contributed by atoms with Crippen LogP contribution in [0.4, 0.5) is 0 Å². The number of hydrogen-bond donors (Lipinski definition) is 1. The number of amides is 1. The second kappa shape index (κ2) is 8.78. The van der Waals surface area contributed by atoms with Gasteiger partial charge in [-0.2, -0.15) is 0 Å². The Morgan fingerprint density at radius 1 is 1.11 bits per heavy atom. The van der Waals surface area contributed by atoms with Crippen molar-refractivity contribution in [2.24, 2.45) is 5.41 Å². The number of carbonyl (C=O) groups is 1. The van der Waals surface area contributed by atoms with Gasteiger partial charge in [-0.05, 0) is 44.5 Å². The third-order valence-corrected chi connectivity index (χ3v) is 5.60. The Morgan fingerprint density at radius 2 is 1.79 bits per heavy atom. The maximum absolute atomic E-state index is 13.1. The molecule has 2 aromatic carbocycles. The maximum Gasteiger partial charge on any atom is 0.229 e. The SMILES string of the molecule is CCc1ccccc1OCC(C)(C)C(=O)NC1CN(C)CC1c1ccccc1. The number of likely N-dealkylation sites (tertiary alicyclic amines) is 1. The molecule has 1 aliphatic heterocycles. The Kier molecular flexibility index (Phi) is 6.40. The first-order chi connectivity index (χ1) is 13.4. The van der Waals surface area contributed by atoms with Crippen LogP contribution in [0.2, 0.25) is 0 Å². The molecule has 1 aliphatic rings. The fraction of sp³-hybridized carbons (Fsp3) is 0.458. The molecular formula is C24H32N2O2. The van der Waals surface area contributed by atoms with Gasteiger partial charge in [-0.15, -0.1) is 0 Å². The van der Waals surface area contributed by atoms with Gasteiger partial charge in [0.1, 0.15) is 12.4 Å². The first-order valence-corrected chi connectivity index (χ1v) is 10.2. The zero-order chi connectivity index (χ0) is 20.1. The number of nitrogens with zero attached hydrogens (tertiary/aromatic N) is 1. The van der Waals surface area contributed by atoms with Crippen LogP contribution in [0.3, 0.4) is 0 Å². The minimum Gasteiger partial charge on any atom is -0.492 e. The summed E-state index contributed by atoms with van der Waals surface area (Å²) in [6.07, 6.45) is 0.913. The maximum atomic E-state index is 13.1. The molecule has 2 atom stereocenters. The summed E-state index contributed by atoms with van der Waals surface area (Å²) in [6.45, 7) is 8.19. The Balaban J connectivity index is 1.65. The van der Waals surface area contributed by atoms with Crippen molar-refractivity contribution in [3.8, 4) is 5.75 Å². The summed E-state index contributed by atoms with van der Waals surface area (Å²) in [7, 11) is 2.11. The fourth-order valence-corrected chi connectivity index (χ4v) is 3.81. The third-order valence-electron chi connectivity index (χ3n) is 5.60. The van der Waals surface area contributed by atoms with Gasteiger partial charge in [0.05, 0.1) is 5.41 Å². The van der Waals surface area contributed by atoms with E-state index in [1.807, 2.05) is 38.1 Å². The van der Waals surface area contributed by atoms with Crippen molar-refractivity contribution in [2.45, 2.75) is 39.2 Å². The molecule has 4 nitrogen and oxygen atoms in total. The number of para-hydroxylation sites is 1. The van der Waals surface area contributed by atoms with Gasteiger partial charge in [0.15, 0.2) is 0 Å². The summed E-state index contributed by atoms with van der Waals surface area (Å²) in [4.78, 5) is 15.4. The summed E-state index contributed by atoms with van der Waals surface area (Å²) in [5.74, 6) is 1.23. The molecule has 1 fully saturated rings. The molecular weight excluding hydrogens is 348 g/mol. The summed E-state index contributed by atoms with van der Waals surface area (Å²) in [5, 5.41) is 3.30. The largest absolute Gasteiger partial charge is 0.492 e. The second-order valence-electron chi connectivity index (χ2n) is 8.45. The van der Waals surface area contributed by atoms with Gasteiger partial charge in [-0.25, -0.2) is 0 Å². The predicted molar refractivity (Wildman–Crippen MR) is 114 cm³/mol. The quantitative estimate of drug-likeness (QED) is 0.793. The van der Waals surface area contributed by atoms with Gasteiger partial charge in [0.25, 0.3) is 0 Å². The van der Waals surface area contributed by atoms with Crippen molar-refractivity contribution in [3.63, 3.8) is 0 Å². The van der Waals surface area contributed by atoms with E-state index in [9.17, 15) is 4.79 Å². The third kappa shape index (κ3) is 4.74. The Morgan fingerprint density at radius 3 is 2.50 bits per heavy atom. The molecule has 0 spiro atoms. The lowest BCUT2D eigenvalue weighted by atomic mass is 9.90. The molecule has 4 heteroatoms. The monoisotopic (exact) mass is 380 g/mol. The van der Waals surface area contributed by atoms with Crippen LogP contribution in [0.25, 0.3) is 0 Å². The smallest absolute Gasteiger partial charge is 0.229 e. The number of carbonyl (C=O) groups excluding carboxylic acids is 1. The summed E-state index contributed by atoms with van der Waals surface area (Å²) in [5.41, 5.74) is 1.84. The minimum absolute atomic E-state index is 0.0442. The van der Waals surface area contributed by atoms with E-state index in [1.54, 1.807) is 0 Å². The van der Waals surface area contributed by atoms with Crippen molar-refractivity contribution in [3.05, 3.63) is 65.7 Å². The number of hydrogen-bond acceptors (Lipinski definition) is 3. The van der Waals surface area contributed by atoms with Gasteiger partial charge in [0.2, 0.25) is 5.91 Å². The molecule has 0 radical (unpaired) electrons. The van der Waals surface area contributed by atoms with Crippen LogP contribution in [-0.4, -0.2) is 43.6 Å². The predicted octanol–water partition coefficient (Wildman–Crippen LogP) is 3.87. The molecule has 1 amide bonds. The van der Waals surface area contributed by atoms with E-state index in [0.717, 1.165) is 25.3 Å². The van der Waals surface area contributed by atoms with Gasteiger partial charge in [-0.1, -0.05) is 55.5 Å². The van der Waals surface area contributed by atoms with Crippen molar-refractivity contribution < 1.29 is 9.53 Å². The zero-order valence-corrected chi connectivity index (χ0v) is 17.4. The Bertz CT molecular complexity index is 788. The van der Waals surface area contributed by atoms with E-state index >= 15 is 0 Å². The van der Waals surface area contributed by atoms with Crippen LogP contribution in [-0.2, 0) is 11.2 Å². The van der Waals surface area contributed by atoms with Gasteiger partial charge >= 0.3 is 0 Å². The van der Waals surface area contributed by atoms with Crippen LogP contribution >= 0.6 is 0 Å². The van der Waals surface area contributed by atoms with Gasteiger partial charge < -0.3 is 15.0 Å². The minimum atomic E-state index is -0.608. The molecule has 0 bridgehead atoms. The Hall–Kier alpha value is -2.33. The average molecular weight is 381 g/mol. The molecule has 1 heterocycles. The van der Waals surface area contributed by atoms with E-state index in [0.29, 0.717) is 12.5 Å². The molecule has 0 aromatic heterocycles. The van der Waals surface area contributed by atoms with Crippen molar-refractivity contribution in [1.82, 2.24) is 10.2 Å². The number of likely N-dealkylation sites (N-methyl/N-ethyl adjacent to an activating group) is 1. The molecule has 2 unspecified atom stereocenters. The summed E-state index contributed by atoms with van der Waals surface area (Å²) < 4.78 is 6.04. The fourth-order valence-electron chi connectivity index (χ4n) is 3.81. The first kappa shape index (κ1) is 20.4. The zero-order valence-electron chi connectivity index (χ0n) is 17.4. The van der Waals surface area contributed by atoms with Crippen molar-refractivity contribution >= 4 is 5.91 Å². The molecule has 2 aromatic rings. The van der Waals surface area contributed by atoms with Gasteiger partial charge in [0, 0.05) is 25.0 Å². The molecule has 1 N–H and O–H groups in total. The highest BCUT2D eigenvalue weighted by molar-refractivity contribution is 5.82. The molecule has 0 saturated carbocycles. The number of benzene rings is 2. The summed E-state index contributed by atoms with van der Waals surface area (Å²) >= 11 is 0. The topological polar surface area (TPSA) is 41.6 Å². The summed E-state index contributed by atoms with van der Waals surface area (Å²) in [6, 6.07) is 18.6. The van der Waals surface area contributed by atoms with E-state index in [1.165, 1.54) is 11.1 Å². The van der Waals surface area contributed by atoms with Crippen LogP contribution in [0.5, 0.6) is 5.75 Å². The lowest BCUT2D eigenvalue weighted by molar-refractivity contribution is -0.131. The lowest BCUT2D eigenvalue weighted by Gasteiger charge is -2.28. The Labute approximate surface area is 168 Å². The highest BCUT2D eigenvalue weighted by atomic mass is 16.5. The van der Waals surface area contributed by atoms with Crippen LogP contribution < -0.4 is 10.1 Å². The van der Waals surface area contributed by atoms with Crippen molar-refractivity contribution in [1.29, 1.82) is 0 Å². The van der Waals surface area contributed by atoms with Crippen LogP contribution in [0, 0.1) is 5.41 Å². The molecule has 150 valence electrons. The van der Waals surface area contributed by atoms with E-state index in [2.05, 4.69) is 54.5 Å². The number of nitrogens with one attached hydrogen (secondary N) is 1. The highest BCUT2D eigenvalue weighted by Crippen LogP contribution is 2.28. The average Bonchev–Trinajstić information content (AvgIpc) is 3.07. The second-order valence-corrected chi connectivity index (χ2v) is 8.45. The number of rotatable bonds is 7. The highest BCUT2D eigenvalue weighted by Gasteiger charge is 2.37. The first-order valence-electron chi connectivity index (χ1n) is 10.2. The van der Waals surface area contributed by atoms with Crippen LogP contribution in [0.15, 0.2) is 54.6 Å². The van der Waals surface area contributed by atoms with Crippen LogP contribution in [0.1, 0.15) is 37.8 Å². The molecule has 28 heavy (non-hydrogen) atoms. The molecule has 0 aliphatic carbocycles. The van der Waals surface area contributed by atoms with E-state index in [4.69, 9.17) is 4.74 Å². The van der Waals surface area contributed by atoms with E-state index < -0.39 is 5.41 Å². The molecule has 1 saturated heterocycles. The standard InChI is InChI=1S/C24H32N2O2/c1-5-18-11-9-10-14-22(18)28-17-24(2,3)23(27)25-21-16-26(4)15-20(21)19-12-7-6-8-13-19/h6-14,20-21H,5,15-17H2,1-4H3,(H,25,27). The van der Waals surface area contributed by atoms with Gasteiger partial charge in [-0.3, -0.25) is 4.79 Å². The molecule has 3 rings (SSSR count). The lowest BCUT2D eigenvalue weighted by Crippen LogP contribution is -2.47.